The molecule has 3 nitrogen and oxygen atoms in total. The van der Waals surface area contributed by atoms with Crippen molar-refractivity contribution in [1.29, 1.82) is 0 Å². The molecule has 5 heteroatoms. The van der Waals surface area contributed by atoms with E-state index >= 15 is 0 Å². The van der Waals surface area contributed by atoms with Gasteiger partial charge in [-0.1, -0.05) is 20.8 Å². The average Bonchev–Trinajstić information content (AvgIpc) is 2.13. The summed E-state index contributed by atoms with van der Waals surface area (Å²) < 4.78 is 25.4. The van der Waals surface area contributed by atoms with E-state index in [1.54, 1.807) is 0 Å². The minimum Gasteiger partial charge on any atom is -0.350 e. The summed E-state index contributed by atoms with van der Waals surface area (Å²) >= 11 is 0. The van der Waals surface area contributed by atoms with Crippen LogP contribution < -0.4 is 11.1 Å². The highest BCUT2D eigenvalue weighted by Gasteiger charge is 2.27. The van der Waals surface area contributed by atoms with Gasteiger partial charge in [0.05, 0.1) is 13.1 Å². The first-order valence-electron chi connectivity index (χ1n) is 5.61. The van der Waals surface area contributed by atoms with Gasteiger partial charge in [-0.25, -0.2) is 8.78 Å². The fourth-order valence-electron chi connectivity index (χ4n) is 1.58. The zero-order valence-corrected chi connectivity index (χ0v) is 10.2. The van der Waals surface area contributed by atoms with Gasteiger partial charge in [0.15, 0.2) is 0 Å². The fraction of sp³-hybridized carbons (Fsp3) is 0.909. The third kappa shape index (κ3) is 7.56. The standard InChI is InChI=1S/C11H22F2N2O/c1-8(2)4-9(3)5-10(16)15-7-11(12,13)6-14/h8-9H,4-7,14H2,1-3H3,(H,15,16). The smallest absolute Gasteiger partial charge is 0.277 e. The van der Waals surface area contributed by atoms with Crippen LogP contribution in [0, 0.1) is 11.8 Å². The first kappa shape index (κ1) is 15.3. The van der Waals surface area contributed by atoms with Crippen LogP contribution in [0.2, 0.25) is 0 Å². The number of halogens is 2. The zero-order chi connectivity index (χ0) is 12.8. The Labute approximate surface area is 95.8 Å². The maximum atomic E-state index is 12.7. The van der Waals surface area contributed by atoms with Crippen LogP contribution in [0.5, 0.6) is 0 Å². The third-order valence-electron chi connectivity index (χ3n) is 2.25. The van der Waals surface area contributed by atoms with Gasteiger partial charge in [0.1, 0.15) is 0 Å². The van der Waals surface area contributed by atoms with Crippen molar-refractivity contribution < 1.29 is 13.6 Å². The van der Waals surface area contributed by atoms with Gasteiger partial charge in [0.2, 0.25) is 5.91 Å². The molecule has 0 aliphatic heterocycles. The number of hydrogen-bond acceptors (Lipinski definition) is 2. The zero-order valence-electron chi connectivity index (χ0n) is 10.2. The highest BCUT2D eigenvalue weighted by Crippen LogP contribution is 2.14. The molecule has 3 N–H and O–H groups in total. The summed E-state index contributed by atoms with van der Waals surface area (Å²) in [5, 5.41) is 2.21. The van der Waals surface area contributed by atoms with Gasteiger partial charge >= 0.3 is 0 Å². The van der Waals surface area contributed by atoms with Gasteiger partial charge in [-0.15, -0.1) is 0 Å². The van der Waals surface area contributed by atoms with Gasteiger partial charge in [0.25, 0.3) is 5.92 Å². The van der Waals surface area contributed by atoms with Crippen molar-refractivity contribution in [3.05, 3.63) is 0 Å². The van der Waals surface area contributed by atoms with E-state index in [1.165, 1.54) is 0 Å². The van der Waals surface area contributed by atoms with E-state index in [-0.39, 0.29) is 11.8 Å². The second-order valence-electron chi connectivity index (χ2n) is 4.78. The maximum Gasteiger partial charge on any atom is 0.277 e. The monoisotopic (exact) mass is 236 g/mol. The van der Waals surface area contributed by atoms with Crippen molar-refractivity contribution in [1.82, 2.24) is 5.32 Å². The van der Waals surface area contributed by atoms with Crippen molar-refractivity contribution in [2.24, 2.45) is 17.6 Å². The Morgan fingerprint density at radius 3 is 2.38 bits per heavy atom. The Bertz CT molecular complexity index is 220. The number of rotatable bonds is 7. The molecule has 0 spiro atoms. The van der Waals surface area contributed by atoms with Crippen LogP contribution in [-0.2, 0) is 4.79 Å². The van der Waals surface area contributed by atoms with Crippen molar-refractivity contribution in [3.8, 4) is 0 Å². The molecular formula is C11H22F2N2O. The van der Waals surface area contributed by atoms with Gasteiger partial charge < -0.3 is 11.1 Å². The van der Waals surface area contributed by atoms with E-state index in [1.807, 2.05) is 6.92 Å². The Morgan fingerprint density at radius 2 is 1.94 bits per heavy atom. The molecule has 96 valence electrons. The number of nitrogens with one attached hydrogen (secondary N) is 1. The quantitative estimate of drug-likeness (QED) is 0.707. The van der Waals surface area contributed by atoms with Crippen LogP contribution in [0.1, 0.15) is 33.6 Å². The van der Waals surface area contributed by atoms with Gasteiger partial charge in [0, 0.05) is 6.42 Å². The molecule has 0 saturated heterocycles. The van der Waals surface area contributed by atoms with Crippen LogP contribution in [0.3, 0.4) is 0 Å². The largest absolute Gasteiger partial charge is 0.350 e. The number of amides is 1. The molecule has 0 aliphatic rings. The molecule has 1 amide bonds. The molecular weight excluding hydrogens is 214 g/mol. The van der Waals surface area contributed by atoms with Crippen molar-refractivity contribution in [3.63, 3.8) is 0 Å². The number of carbonyl (C=O) groups excluding carboxylic acids is 1. The summed E-state index contributed by atoms with van der Waals surface area (Å²) in [4.78, 5) is 11.3. The fourth-order valence-corrected chi connectivity index (χ4v) is 1.58. The van der Waals surface area contributed by atoms with Crippen molar-refractivity contribution >= 4 is 5.91 Å². The minimum atomic E-state index is -3.00. The number of hydrogen-bond donors (Lipinski definition) is 2. The lowest BCUT2D eigenvalue weighted by Gasteiger charge is -2.17. The van der Waals surface area contributed by atoms with Crippen molar-refractivity contribution in [2.75, 3.05) is 13.1 Å². The average molecular weight is 236 g/mol. The maximum absolute atomic E-state index is 12.7. The summed E-state index contributed by atoms with van der Waals surface area (Å²) in [7, 11) is 0. The van der Waals surface area contributed by atoms with Crippen molar-refractivity contribution in [2.45, 2.75) is 39.5 Å². The minimum absolute atomic E-state index is 0.214. The first-order valence-corrected chi connectivity index (χ1v) is 5.61. The number of alkyl halides is 2. The van der Waals surface area contributed by atoms with E-state index in [9.17, 15) is 13.6 Å². The van der Waals surface area contributed by atoms with Crippen LogP contribution in [0.15, 0.2) is 0 Å². The molecule has 0 rings (SSSR count). The van der Waals surface area contributed by atoms with Gasteiger partial charge in [-0.3, -0.25) is 4.79 Å². The van der Waals surface area contributed by atoms with Gasteiger partial charge in [-0.05, 0) is 18.3 Å². The lowest BCUT2D eigenvalue weighted by Crippen LogP contribution is -2.41. The molecule has 0 heterocycles. The van der Waals surface area contributed by atoms with E-state index in [2.05, 4.69) is 19.2 Å². The van der Waals surface area contributed by atoms with Crippen LogP contribution >= 0.6 is 0 Å². The molecule has 1 unspecified atom stereocenters. The van der Waals surface area contributed by atoms with Gasteiger partial charge in [-0.2, -0.15) is 0 Å². The first-order chi connectivity index (χ1) is 7.26. The Kier molecular flexibility index (Phi) is 6.48. The number of carbonyl (C=O) groups is 1. The normalized spacial score (nSPS) is 13.9. The summed E-state index contributed by atoms with van der Waals surface area (Å²) in [5.74, 6) is -2.61. The predicted octanol–water partition coefficient (Wildman–Crippen LogP) is 1.77. The number of nitrogens with two attached hydrogens (primary N) is 1. The van der Waals surface area contributed by atoms with E-state index in [4.69, 9.17) is 5.73 Å². The molecule has 0 saturated carbocycles. The molecule has 0 aromatic rings. The lowest BCUT2D eigenvalue weighted by atomic mass is 9.96. The lowest BCUT2D eigenvalue weighted by molar-refractivity contribution is -0.123. The van der Waals surface area contributed by atoms with Crippen LogP contribution in [0.25, 0.3) is 0 Å². The predicted molar refractivity (Wildman–Crippen MR) is 60.2 cm³/mol. The summed E-state index contributed by atoms with van der Waals surface area (Å²) in [6.45, 7) is 4.67. The topological polar surface area (TPSA) is 55.1 Å². The SMILES string of the molecule is CC(C)CC(C)CC(=O)NCC(F)(F)CN. The second-order valence-corrected chi connectivity index (χ2v) is 4.78. The molecule has 1 atom stereocenters. The van der Waals surface area contributed by atoms with Crippen LogP contribution in [0.4, 0.5) is 8.78 Å². The summed E-state index contributed by atoms with van der Waals surface area (Å²) in [6, 6.07) is 0. The second kappa shape index (κ2) is 6.78. The Morgan fingerprint density at radius 1 is 1.38 bits per heavy atom. The third-order valence-corrected chi connectivity index (χ3v) is 2.25. The molecule has 0 aromatic carbocycles. The van der Waals surface area contributed by atoms with E-state index in [0.717, 1.165) is 6.42 Å². The molecule has 16 heavy (non-hydrogen) atoms. The molecule has 0 fully saturated rings. The van der Waals surface area contributed by atoms with E-state index < -0.39 is 19.0 Å². The summed E-state index contributed by atoms with van der Waals surface area (Å²) in [5.41, 5.74) is 4.86. The van der Waals surface area contributed by atoms with Crippen LogP contribution in [-0.4, -0.2) is 24.9 Å². The molecule has 0 aliphatic carbocycles. The summed E-state index contributed by atoms with van der Waals surface area (Å²) in [6.07, 6.45) is 1.21. The highest BCUT2D eigenvalue weighted by molar-refractivity contribution is 5.76. The molecule has 0 bridgehead atoms. The molecule has 0 radical (unpaired) electrons. The Hall–Kier alpha value is -0.710. The molecule has 0 aromatic heterocycles. The van der Waals surface area contributed by atoms with E-state index in [0.29, 0.717) is 12.3 Å². The highest BCUT2D eigenvalue weighted by atomic mass is 19.3. The Balaban J connectivity index is 3.82.